The number of aromatic hydroxyl groups is 1. The maximum atomic E-state index is 12.8. The van der Waals surface area contributed by atoms with E-state index < -0.39 is 16.6 Å². The second kappa shape index (κ2) is 13.0. The first-order chi connectivity index (χ1) is 23.9. The zero-order chi connectivity index (χ0) is 33.9. The fourth-order valence-electron chi connectivity index (χ4n) is 7.12. The van der Waals surface area contributed by atoms with Crippen molar-refractivity contribution in [1.29, 1.82) is 0 Å². The standard InChI is InChI=1S/C45H39N3O/c46-43(33-19-7-1-8-20-33,34-21-9-2-10-22-34)39-31-40(44(47,35-23-11-3-12-24-35)36-25-13-4-14-26-36)42(49)41(32-39)45(48,37-27-15-5-16-28-37)38-29-17-6-18-30-38/h1-32,49H,46-48H2. The SMILES string of the molecule is NC(c1ccccc1)(c1ccccc1)c1cc(C(N)(c2ccccc2)c2ccccc2)c(O)c(C(N)(c2ccccc2)c2ccccc2)c1. The quantitative estimate of drug-likeness (QED) is 0.120. The van der Waals surface area contributed by atoms with Gasteiger partial charge in [-0.05, 0) is 51.1 Å². The molecule has 0 heterocycles. The third-order valence-electron chi connectivity index (χ3n) is 9.79. The summed E-state index contributed by atoms with van der Waals surface area (Å²) < 4.78 is 0. The molecule has 49 heavy (non-hydrogen) atoms. The van der Waals surface area contributed by atoms with E-state index in [9.17, 15) is 5.11 Å². The van der Waals surface area contributed by atoms with Crippen LogP contribution in [-0.4, -0.2) is 5.11 Å². The summed E-state index contributed by atoms with van der Waals surface area (Å²) >= 11 is 0. The molecule has 7 aromatic rings. The molecule has 0 saturated heterocycles. The zero-order valence-electron chi connectivity index (χ0n) is 27.2. The van der Waals surface area contributed by atoms with Gasteiger partial charge in [0, 0.05) is 11.1 Å². The summed E-state index contributed by atoms with van der Waals surface area (Å²) in [6, 6.07) is 63.5. The van der Waals surface area contributed by atoms with Crippen LogP contribution in [0.5, 0.6) is 5.75 Å². The third-order valence-corrected chi connectivity index (χ3v) is 9.79. The van der Waals surface area contributed by atoms with E-state index in [0.717, 1.165) is 38.9 Å². The lowest BCUT2D eigenvalue weighted by atomic mass is 9.69. The van der Waals surface area contributed by atoms with Crippen molar-refractivity contribution in [2.75, 3.05) is 0 Å². The molecule has 0 aliphatic heterocycles. The Morgan fingerprint density at radius 1 is 0.286 bits per heavy atom. The highest BCUT2D eigenvalue weighted by molar-refractivity contribution is 5.65. The average Bonchev–Trinajstić information content (AvgIpc) is 3.19. The Kier molecular flexibility index (Phi) is 8.45. The number of hydrogen-bond donors (Lipinski definition) is 4. The maximum absolute atomic E-state index is 12.8. The molecule has 0 unspecified atom stereocenters. The summed E-state index contributed by atoms with van der Waals surface area (Å²) in [6.07, 6.45) is 0. The van der Waals surface area contributed by atoms with E-state index in [2.05, 4.69) is 0 Å². The molecule has 0 saturated carbocycles. The van der Waals surface area contributed by atoms with Crippen LogP contribution >= 0.6 is 0 Å². The van der Waals surface area contributed by atoms with Gasteiger partial charge < -0.3 is 22.3 Å². The number of nitrogens with two attached hydrogens (primary N) is 3. The first-order valence-corrected chi connectivity index (χ1v) is 16.5. The molecule has 7 N–H and O–H groups in total. The minimum Gasteiger partial charge on any atom is -0.507 e. The molecule has 0 aliphatic rings. The Hall–Kier alpha value is -5.78. The molecule has 0 spiro atoms. The van der Waals surface area contributed by atoms with E-state index in [1.165, 1.54) is 0 Å². The predicted octanol–water partition coefficient (Wildman–Crippen LogP) is 8.14. The highest BCUT2D eigenvalue weighted by Crippen LogP contribution is 2.49. The molecule has 4 nitrogen and oxygen atoms in total. The van der Waals surface area contributed by atoms with Gasteiger partial charge in [0.25, 0.3) is 0 Å². The topological polar surface area (TPSA) is 98.3 Å². The average molecular weight is 638 g/mol. The van der Waals surface area contributed by atoms with Crippen LogP contribution in [-0.2, 0) is 16.6 Å². The molecule has 0 amide bonds. The first kappa shape index (κ1) is 31.8. The van der Waals surface area contributed by atoms with E-state index in [1.54, 1.807) is 0 Å². The molecular formula is C45H39N3O. The highest BCUT2D eigenvalue weighted by Gasteiger charge is 2.43. The second-order valence-corrected chi connectivity index (χ2v) is 12.5. The summed E-state index contributed by atoms with van der Waals surface area (Å²) in [7, 11) is 0. The lowest BCUT2D eigenvalue weighted by molar-refractivity contribution is 0.434. The lowest BCUT2D eigenvalue weighted by Gasteiger charge is -2.39. The van der Waals surface area contributed by atoms with Gasteiger partial charge in [-0.3, -0.25) is 0 Å². The van der Waals surface area contributed by atoms with Gasteiger partial charge in [-0.2, -0.15) is 0 Å². The van der Waals surface area contributed by atoms with Crippen molar-refractivity contribution in [3.8, 4) is 5.75 Å². The Balaban J connectivity index is 1.66. The van der Waals surface area contributed by atoms with Crippen LogP contribution in [0.3, 0.4) is 0 Å². The third kappa shape index (κ3) is 5.42. The number of phenols is 1. The van der Waals surface area contributed by atoms with Crippen LogP contribution in [0, 0.1) is 0 Å². The van der Waals surface area contributed by atoms with E-state index in [4.69, 9.17) is 17.2 Å². The molecule has 0 fully saturated rings. The van der Waals surface area contributed by atoms with Crippen molar-refractivity contribution in [2.45, 2.75) is 16.6 Å². The van der Waals surface area contributed by atoms with Gasteiger partial charge in [0.15, 0.2) is 0 Å². The monoisotopic (exact) mass is 637 g/mol. The van der Waals surface area contributed by atoms with E-state index in [-0.39, 0.29) is 5.75 Å². The molecule has 7 rings (SSSR count). The van der Waals surface area contributed by atoms with Crippen LogP contribution < -0.4 is 17.2 Å². The van der Waals surface area contributed by atoms with Gasteiger partial charge in [-0.1, -0.05) is 182 Å². The molecule has 7 aromatic carbocycles. The predicted molar refractivity (Wildman–Crippen MR) is 199 cm³/mol. The minimum atomic E-state index is -1.29. The van der Waals surface area contributed by atoms with E-state index >= 15 is 0 Å². The summed E-state index contributed by atoms with van der Waals surface area (Å²) in [5.74, 6) is -0.00219. The van der Waals surface area contributed by atoms with Crippen LogP contribution in [0.4, 0.5) is 0 Å². The van der Waals surface area contributed by atoms with Gasteiger partial charge in [0.2, 0.25) is 0 Å². The summed E-state index contributed by atoms with van der Waals surface area (Å²) in [5.41, 5.74) is 26.1. The molecule has 240 valence electrons. The molecule has 0 aromatic heterocycles. The summed E-state index contributed by atoms with van der Waals surface area (Å²) in [4.78, 5) is 0. The van der Waals surface area contributed by atoms with Crippen LogP contribution in [0.1, 0.15) is 50.1 Å². The fourth-order valence-corrected chi connectivity index (χ4v) is 7.12. The van der Waals surface area contributed by atoms with E-state index in [1.807, 2.05) is 194 Å². The Morgan fingerprint density at radius 3 is 0.714 bits per heavy atom. The fraction of sp³-hybridized carbons (Fsp3) is 0.0667. The van der Waals surface area contributed by atoms with Crippen LogP contribution in [0.25, 0.3) is 0 Å². The van der Waals surface area contributed by atoms with Gasteiger partial charge in [-0.25, -0.2) is 0 Å². The second-order valence-electron chi connectivity index (χ2n) is 12.5. The van der Waals surface area contributed by atoms with Crippen molar-refractivity contribution >= 4 is 0 Å². The van der Waals surface area contributed by atoms with Gasteiger partial charge in [0.1, 0.15) is 5.75 Å². The maximum Gasteiger partial charge on any atom is 0.127 e. The Bertz CT molecular complexity index is 1910. The summed E-state index contributed by atoms with van der Waals surface area (Å²) in [5, 5.41) is 12.8. The van der Waals surface area contributed by atoms with Crippen molar-refractivity contribution in [2.24, 2.45) is 17.2 Å². The van der Waals surface area contributed by atoms with Crippen LogP contribution in [0.2, 0.25) is 0 Å². The Morgan fingerprint density at radius 2 is 0.490 bits per heavy atom. The molecule has 0 atom stereocenters. The van der Waals surface area contributed by atoms with E-state index in [0.29, 0.717) is 11.1 Å². The normalized spacial score (nSPS) is 12.1. The molecule has 4 heteroatoms. The molecular weight excluding hydrogens is 599 g/mol. The van der Waals surface area contributed by atoms with Gasteiger partial charge >= 0.3 is 0 Å². The molecule has 0 bridgehead atoms. The lowest BCUT2D eigenvalue weighted by Crippen LogP contribution is -2.44. The largest absolute Gasteiger partial charge is 0.507 e. The Labute approximate surface area is 288 Å². The van der Waals surface area contributed by atoms with Gasteiger partial charge in [0.05, 0.1) is 16.6 Å². The molecule has 0 radical (unpaired) electrons. The number of hydrogen-bond acceptors (Lipinski definition) is 4. The summed E-state index contributed by atoms with van der Waals surface area (Å²) in [6.45, 7) is 0. The van der Waals surface area contributed by atoms with Crippen molar-refractivity contribution in [1.82, 2.24) is 0 Å². The van der Waals surface area contributed by atoms with Crippen molar-refractivity contribution in [3.63, 3.8) is 0 Å². The van der Waals surface area contributed by atoms with Crippen LogP contribution in [0.15, 0.2) is 194 Å². The first-order valence-electron chi connectivity index (χ1n) is 16.5. The van der Waals surface area contributed by atoms with Crippen molar-refractivity contribution in [3.05, 3.63) is 244 Å². The van der Waals surface area contributed by atoms with Crippen molar-refractivity contribution < 1.29 is 5.11 Å². The number of phenolic OH excluding ortho intramolecular Hbond substituents is 1. The highest BCUT2D eigenvalue weighted by atomic mass is 16.3. The molecule has 0 aliphatic carbocycles. The number of benzene rings is 7. The smallest absolute Gasteiger partial charge is 0.127 e. The number of rotatable bonds is 9. The van der Waals surface area contributed by atoms with Gasteiger partial charge in [-0.15, -0.1) is 0 Å². The minimum absolute atomic E-state index is 0.00219. The zero-order valence-corrected chi connectivity index (χ0v) is 27.2.